The van der Waals surface area contributed by atoms with Gasteiger partial charge in [0.2, 0.25) is 0 Å². The van der Waals surface area contributed by atoms with E-state index < -0.39 is 5.91 Å². The van der Waals surface area contributed by atoms with Crippen LogP contribution in [-0.2, 0) is 4.79 Å². The molecule has 0 unspecified atom stereocenters. The number of aromatic hydroxyl groups is 1. The predicted octanol–water partition coefficient (Wildman–Crippen LogP) is 3.54. The van der Waals surface area contributed by atoms with Gasteiger partial charge in [0.1, 0.15) is 11.5 Å². The Kier molecular flexibility index (Phi) is 5.84. The van der Waals surface area contributed by atoms with Crippen molar-refractivity contribution in [2.45, 2.75) is 6.92 Å². The van der Waals surface area contributed by atoms with Gasteiger partial charge in [0.15, 0.2) is 6.61 Å². The molecule has 120 valence electrons. The van der Waals surface area contributed by atoms with Crippen LogP contribution >= 0.6 is 23.2 Å². The third-order valence-electron chi connectivity index (χ3n) is 2.83. The zero-order valence-corrected chi connectivity index (χ0v) is 13.7. The van der Waals surface area contributed by atoms with Gasteiger partial charge in [-0.2, -0.15) is 5.10 Å². The van der Waals surface area contributed by atoms with Crippen LogP contribution in [0.2, 0.25) is 10.0 Å². The third kappa shape index (κ3) is 5.16. The van der Waals surface area contributed by atoms with Gasteiger partial charge in [0, 0.05) is 10.6 Å². The van der Waals surface area contributed by atoms with Gasteiger partial charge in [-0.15, -0.1) is 0 Å². The number of ether oxygens (including phenoxy) is 1. The lowest BCUT2D eigenvalue weighted by atomic mass is 10.1. The van der Waals surface area contributed by atoms with Gasteiger partial charge in [0.25, 0.3) is 5.91 Å². The van der Waals surface area contributed by atoms with Crippen LogP contribution in [0.4, 0.5) is 0 Å². The van der Waals surface area contributed by atoms with E-state index in [1.54, 1.807) is 30.3 Å². The number of rotatable bonds is 5. The largest absolute Gasteiger partial charge is 0.507 e. The topological polar surface area (TPSA) is 70.9 Å². The van der Waals surface area contributed by atoms with E-state index in [1.807, 2.05) is 6.92 Å². The van der Waals surface area contributed by atoms with Gasteiger partial charge >= 0.3 is 0 Å². The summed E-state index contributed by atoms with van der Waals surface area (Å²) in [5, 5.41) is 14.2. The Hall–Kier alpha value is -2.24. The fourth-order valence-corrected chi connectivity index (χ4v) is 2.18. The van der Waals surface area contributed by atoms with E-state index in [2.05, 4.69) is 10.5 Å². The van der Waals surface area contributed by atoms with Gasteiger partial charge in [-0.05, 0) is 37.3 Å². The smallest absolute Gasteiger partial charge is 0.277 e. The molecule has 0 fully saturated rings. The summed E-state index contributed by atoms with van der Waals surface area (Å²) in [4.78, 5) is 11.7. The molecule has 0 aliphatic rings. The van der Waals surface area contributed by atoms with Gasteiger partial charge in [-0.3, -0.25) is 4.79 Å². The van der Waals surface area contributed by atoms with E-state index in [0.717, 1.165) is 5.56 Å². The van der Waals surface area contributed by atoms with Crippen molar-refractivity contribution in [3.05, 3.63) is 57.6 Å². The number of nitrogens with one attached hydrogen (secondary N) is 1. The molecule has 1 amide bonds. The number of hydrogen-bond acceptors (Lipinski definition) is 4. The fourth-order valence-electron chi connectivity index (χ4n) is 1.72. The minimum absolute atomic E-state index is 0.0813. The summed E-state index contributed by atoms with van der Waals surface area (Å²) >= 11 is 11.7. The van der Waals surface area contributed by atoms with Crippen LogP contribution in [0.15, 0.2) is 41.5 Å². The van der Waals surface area contributed by atoms with Crippen molar-refractivity contribution >= 4 is 35.3 Å². The van der Waals surface area contributed by atoms with Gasteiger partial charge < -0.3 is 9.84 Å². The molecule has 0 aromatic heterocycles. The first-order valence-corrected chi connectivity index (χ1v) is 7.40. The standard InChI is InChI=1S/C16H14Cl2N2O3/c1-10-2-4-14(21)11(6-10)8-19-20-16(22)9-23-15-5-3-12(17)7-13(15)18/h2-8,21H,9H2,1H3,(H,20,22)/b19-8-. The maximum absolute atomic E-state index is 11.7. The van der Waals surface area contributed by atoms with E-state index in [0.29, 0.717) is 21.4 Å². The van der Waals surface area contributed by atoms with Crippen molar-refractivity contribution < 1.29 is 14.6 Å². The summed E-state index contributed by atoms with van der Waals surface area (Å²) in [6, 6.07) is 9.79. The molecule has 0 heterocycles. The molecule has 2 aromatic rings. The van der Waals surface area contributed by atoms with Crippen molar-refractivity contribution in [3.8, 4) is 11.5 Å². The lowest BCUT2D eigenvalue weighted by Gasteiger charge is -2.07. The Labute approximate surface area is 143 Å². The summed E-state index contributed by atoms with van der Waals surface area (Å²) in [5.41, 5.74) is 3.78. The Bertz CT molecular complexity index is 748. The number of phenols is 1. The highest BCUT2D eigenvalue weighted by molar-refractivity contribution is 6.35. The Morgan fingerprint density at radius 2 is 2.09 bits per heavy atom. The highest BCUT2D eigenvalue weighted by Crippen LogP contribution is 2.27. The summed E-state index contributed by atoms with van der Waals surface area (Å²) in [7, 11) is 0. The van der Waals surface area contributed by atoms with E-state index in [4.69, 9.17) is 27.9 Å². The molecule has 2 N–H and O–H groups in total. The quantitative estimate of drug-likeness (QED) is 0.638. The summed E-state index contributed by atoms with van der Waals surface area (Å²) in [6.07, 6.45) is 1.36. The van der Waals surface area contributed by atoms with Crippen LogP contribution in [-0.4, -0.2) is 23.8 Å². The van der Waals surface area contributed by atoms with Crippen molar-refractivity contribution in [2.24, 2.45) is 5.10 Å². The maximum Gasteiger partial charge on any atom is 0.277 e. The minimum atomic E-state index is -0.459. The number of aryl methyl sites for hydroxylation is 1. The van der Waals surface area contributed by atoms with Crippen LogP contribution in [0.1, 0.15) is 11.1 Å². The van der Waals surface area contributed by atoms with Crippen LogP contribution in [0, 0.1) is 6.92 Å². The zero-order valence-electron chi connectivity index (χ0n) is 12.2. The average molecular weight is 353 g/mol. The lowest BCUT2D eigenvalue weighted by Crippen LogP contribution is -2.24. The van der Waals surface area contributed by atoms with Gasteiger partial charge in [0.05, 0.1) is 11.2 Å². The summed E-state index contributed by atoms with van der Waals surface area (Å²) in [6.45, 7) is 1.64. The first-order valence-electron chi connectivity index (χ1n) is 6.65. The molecule has 23 heavy (non-hydrogen) atoms. The lowest BCUT2D eigenvalue weighted by molar-refractivity contribution is -0.123. The Morgan fingerprint density at radius 1 is 1.30 bits per heavy atom. The van der Waals surface area contributed by atoms with E-state index in [9.17, 15) is 9.90 Å². The molecular formula is C16H14Cl2N2O3. The number of carbonyl (C=O) groups excluding carboxylic acids is 1. The summed E-state index contributed by atoms with van der Waals surface area (Å²) < 4.78 is 5.27. The molecule has 0 bridgehead atoms. The van der Waals surface area contributed by atoms with E-state index in [-0.39, 0.29) is 12.4 Å². The van der Waals surface area contributed by atoms with Crippen LogP contribution < -0.4 is 10.2 Å². The Balaban J connectivity index is 1.87. The molecular weight excluding hydrogens is 339 g/mol. The molecule has 7 heteroatoms. The van der Waals surface area contributed by atoms with Crippen molar-refractivity contribution in [1.29, 1.82) is 0 Å². The molecule has 0 radical (unpaired) electrons. The molecule has 0 saturated carbocycles. The molecule has 0 saturated heterocycles. The molecule has 0 atom stereocenters. The first kappa shape index (κ1) is 17.1. The normalized spacial score (nSPS) is 10.7. The fraction of sp³-hybridized carbons (Fsp3) is 0.125. The molecule has 2 rings (SSSR count). The highest BCUT2D eigenvalue weighted by Gasteiger charge is 2.06. The number of phenolic OH excluding ortho intramolecular Hbond substituents is 1. The second-order valence-electron chi connectivity index (χ2n) is 4.72. The number of hydrogen-bond donors (Lipinski definition) is 2. The number of halogens is 2. The molecule has 0 aliphatic carbocycles. The van der Waals surface area contributed by atoms with Crippen LogP contribution in [0.3, 0.4) is 0 Å². The zero-order chi connectivity index (χ0) is 16.8. The Morgan fingerprint density at radius 3 is 2.83 bits per heavy atom. The van der Waals surface area contributed by atoms with Crippen molar-refractivity contribution in [1.82, 2.24) is 5.43 Å². The SMILES string of the molecule is Cc1ccc(O)c(/C=N\NC(=O)COc2ccc(Cl)cc2Cl)c1. The minimum Gasteiger partial charge on any atom is -0.507 e. The molecule has 2 aromatic carbocycles. The van der Waals surface area contributed by atoms with E-state index >= 15 is 0 Å². The molecule has 0 spiro atoms. The number of benzene rings is 2. The van der Waals surface area contributed by atoms with Crippen LogP contribution in [0.5, 0.6) is 11.5 Å². The maximum atomic E-state index is 11.7. The van der Waals surface area contributed by atoms with Crippen LogP contribution in [0.25, 0.3) is 0 Å². The van der Waals surface area contributed by atoms with E-state index in [1.165, 1.54) is 12.3 Å². The summed E-state index contributed by atoms with van der Waals surface area (Å²) in [5.74, 6) is -0.0243. The van der Waals surface area contributed by atoms with Gasteiger partial charge in [-0.1, -0.05) is 34.8 Å². The number of amides is 1. The third-order valence-corrected chi connectivity index (χ3v) is 3.36. The molecule has 0 aliphatic heterocycles. The number of carbonyl (C=O) groups is 1. The monoisotopic (exact) mass is 352 g/mol. The first-order chi connectivity index (χ1) is 11.0. The number of hydrazone groups is 1. The average Bonchev–Trinajstić information content (AvgIpc) is 2.50. The number of nitrogens with zero attached hydrogens (tertiary/aromatic N) is 1. The second kappa shape index (κ2) is 7.85. The predicted molar refractivity (Wildman–Crippen MR) is 90.5 cm³/mol. The van der Waals surface area contributed by atoms with Crippen molar-refractivity contribution in [3.63, 3.8) is 0 Å². The van der Waals surface area contributed by atoms with Gasteiger partial charge in [-0.25, -0.2) is 5.43 Å². The second-order valence-corrected chi connectivity index (χ2v) is 5.56. The highest BCUT2D eigenvalue weighted by atomic mass is 35.5. The van der Waals surface area contributed by atoms with Crippen molar-refractivity contribution in [2.75, 3.05) is 6.61 Å². The molecule has 5 nitrogen and oxygen atoms in total.